The molecular weight excluding hydrogens is 214 g/mol. The van der Waals surface area contributed by atoms with Crippen LogP contribution in [0.4, 0.5) is 10.5 Å². The molecule has 5 nitrogen and oxygen atoms in total. The Balaban J connectivity index is 2.86. The first kappa shape index (κ1) is 7.93. The highest BCUT2D eigenvalue weighted by Crippen LogP contribution is 2.18. The van der Waals surface area contributed by atoms with E-state index < -0.39 is 6.09 Å². The molecule has 0 unspecified atom stereocenters. The van der Waals surface area contributed by atoms with Crippen molar-refractivity contribution >= 4 is 27.7 Å². The molecule has 1 aromatic heterocycles. The zero-order valence-electron chi connectivity index (χ0n) is 5.28. The van der Waals surface area contributed by atoms with Crippen molar-refractivity contribution in [3.05, 3.63) is 16.9 Å². The summed E-state index contributed by atoms with van der Waals surface area (Å²) in [5.41, 5.74) is 0.382. The number of nitrogens with one attached hydrogen (secondary N) is 1. The molecule has 58 valence electrons. The smallest absolute Gasteiger partial charge is 0.409 e. The number of hydrogen-bond acceptors (Lipinski definition) is 3. The molecule has 1 rings (SSSR count). The summed E-state index contributed by atoms with van der Waals surface area (Å²) >= 11 is 3.10. The van der Waals surface area contributed by atoms with Crippen LogP contribution in [0.1, 0.15) is 0 Å². The van der Waals surface area contributed by atoms with Crippen molar-refractivity contribution < 1.29 is 9.90 Å². The monoisotopic (exact) mass is 217 g/mol. The second-order valence-corrected chi connectivity index (χ2v) is 2.54. The average Bonchev–Trinajstić information content (AvgIpc) is 1.93. The van der Waals surface area contributed by atoms with Gasteiger partial charge in [0.05, 0.1) is 22.6 Å². The number of hydrogen-bond donors (Lipinski definition) is 2. The maximum Gasteiger partial charge on any atom is 0.409 e. The van der Waals surface area contributed by atoms with Gasteiger partial charge in [-0.25, -0.2) is 4.79 Å². The molecule has 0 aliphatic carbocycles. The maximum atomic E-state index is 10.1. The lowest BCUT2D eigenvalue weighted by Crippen LogP contribution is -2.08. The number of halogens is 1. The largest absolute Gasteiger partial charge is 0.465 e. The lowest BCUT2D eigenvalue weighted by Gasteiger charge is -1.99. The third-order valence-corrected chi connectivity index (χ3v) is 1.56. The topological polar surface area (TPSA) is 75.1 Å². The molecule has 0 saturated carbocycles. The summed E-state index contributed by atoms with van der Waals surface area (Å²) in [7, 11) is 0. The van der Waals surface area contributed by atoms with Crippen LogP contribution in [-0.2, 0) is 0 Å². The van der Waals surface area contributed by atoms with E-state index in [1.165, 1.54) is 12.4 Å². The molecule has 0 aliphatic heterocycles. The molecule has 11 heavy (non-hydrogen) atoms. The Hall–Kier alpha value is -1.17. The Labute approximate surface area is 70.6 Å². The molecule has 0 radical (unpaired) electrons. The van der Waals surface area contributed by atoms with Gasteiger partial charge in [0.15, 0.2) is 0 Å². The standard InChI is InChI=1S/C5H4BrN3O2/c6-3-1-7-8-2-4(3)9-5(10)11/h1-2H,(H,7,9)(H,10,11). The second-order valence-electron chi connectivity index (χ2n) is 1.68. The van der Waals surface area contributed by atoms with E-state index in [0.29, 0.717) is 10.2 Å². The first-order chi connectivity index (χ1) is 5.20. The van der Waals surface area contributed by atoms with Crippen LogP contribution in [0.2, 0.25) is 0 Å². The Morgan fingerprint density at radius 2 is 2.18 bits per heavy atom. The summed E-state index contributed by atoms with van der Waals surface area (Å²) < 4.78 is 0.565. The molecule has 1 heterocycles. The van der Waals surface area contributed by atoms with Crippen LogP contribution in [0.3, 0.4) is 0 Å². The van der Waals surface area contributed by atoms with Crippen molar-refractivity contribution in [2.45, 2.75) is 0 Å². The van der Waals surface area contributed by atoms with E-state index >= 15 is 0 Å². The van der Waals surface area contributed by atoms with Crippen LogP contribution < -0.4 is 5.32 Å². The number of nitrogens with zero attached hydrogens (tertiary/aromatic N) is 2. The number of rotatable bonds is 1. The third-order valence-electron chi connectivity index (χ3n) is 0.923. The quantitative estimate of drug-likeness (QED) is 0.745. The molecule has 0 fully saturated rings. The average molecular weight is 218 g/mol. The molecule has 1 amide bonds. The minimum Gasteiger partial charge on any atom is -0.465 e. The van der Waals surface area contributed by atoms with Crippen molar-refractivity contribution in [3.8, 4) is 0 Å². The molecule has 0 aromatic carbocycles. The number of carboxylic acid groups (broad SMARTS) is 1. The van der Waals surface area contributed by atoms with Gasteiger partial charge in [-0.15, -0.1) is 0 Å². The number of amides is 1. The van der Waals surface area contributed by atoms with Gasteiger partial charge in [0, 0.05) is 0 Å². The Bertz CT molecular complexity index is 278. The van der Waals surface area contributed by atoms with Gasteiger partial charge in [-0.3, -0.25) is 5.32 Å². The number of aromatic nitrogens is 2. The Morgan fingerprint density at radius 1 is 1.55 bits per heavy atom. The van der Waals surface area contributed by atoms with E-state index in [1.54, 1.807) is 0 Å². The van der Waals surface area contributed by atoms with Crippen LogP contribution in [0.5, 0.6) is 0 Å². The fraction of sp³-hybridized carbons (Fsp3) is 0. The van der Waals surface area contributed by atoms with Gasteiger partial charge >= 0.3 is 6.09 Å². The summed E-state index contributed by atoms with van der Waals surface area (Å²) in [4.78, 5) is 10.1. The molecule has 1 aromatic rings. The lowest BCUT2D eigenvalue weighted by atomic mass is 10.5. The normalized spacial score (nSPS) is 9.18. The van der Waals surface area contributed by atoms with Gasteiger partial charge in [-0.2, -0.15) is 10.2 Å². The highest BCUT2D eigenvalue weighted by molar-refractivity contribution is 9.10. The van der Waals surface area contributed by atoms with Crippen molar-refractivity contribution in [1.82, 2.24) is 10.2 Å². The summed E-state index contributed by atoms with van der Waals surface area (Å²) in [5, 5.41) is 17.5. The van der Waals surface area contributed by atoms with Crippen LogP contribution in [0.25, 0.3) is 0 Å². The minimum absolute atomic E-state index is 0.382. The van der Waals surface area contributed by atoms with Crippen molar-refractivity contribution in [2.24, 2.45) is 0 Å². The molecule has 0 atom stereocenters. The van der Waals surface area contributed by atoms with E-state index in [9.17, 15) is 4.79 Å². The van der Waals surface area contributed by atoms with Crippen LogP contribution in [0.15, 0.2) is 16.9 Å². The third kappa shape index (κ3) is 2.15. The molecule has 0 aliphatic rings. The van der Waals surface area contributed by atoms with Crippen molar-refractivity contribution in [1.29, 1.82) is 0 Å². The van der Waals surface area contributed by atoms with Gasteiger partial charge in [0.2, 0.25) is 0 Å². The Morgan fingerprint density at radius 3 is 2.73 bits per heavy atom. The number of carbonyl (C=O) groups is 1. The fourth-order valence-electron chi connectivity index (χ4n) is 0.513. The van der Waals surface area contributed by atoms with Crippen molar-refractivity contribution in [2.75, 3.05) is 5.32 Å². The van der Waals surface area contributed by atoms with Gasteiger partial charge in [0.25, 0.3) is 0 Å². The summed E-state index contributed by atoms with van der Waals surface area (Å²) in [6, 6.07) is 0. The predicted molar refractivity (Wildman–Crippen MR) is 41.4 cm³/mol. The lowest BCUT2D eigenvalue weighted by molar-refractivity contribution is 0.209. The molecule has 2 N–H and O–H groups in total. The maximum absolute atomic E-state index is 10.1. The molecule has 0 spiro atoms. The SMILES string of the molecule is O=C(O)Nc1cnncc1Br. The summed E-state index contributed by atoms with van der Waals surface area (Å²) in [6.45, 7) is 0. The zero-order valence-corrected chi connectivity index (χ0v) is 6.87. The van der Waals surface area contributed by atoms with E-state index in [-0.39, 0.29) is 0 Å². The minimum atomic E-state index is -1.13. The van der Waals surface area contributed by atoms with Crippen LogP contribution in [0, 0.1) is 0 Å². The number of anilines is 1. The van der Waals surface area contributed by atoms with Crippen LogP contribution in [-0.4, -0.2) is 21.4 Å². The van der Waals surface area contributed by atoms with E-state index in [2.05, 4.69) is 31.4 Å². The molecule has 6 heteroatoms. The Kier molecular flexibility index (Phi) is 2.37. The summed E-state index contributed by atoms with van der Waals surface area (Å²) in [5.74, 6) is 0. The first-order valence-corrected chi connectivity index (χ1v) is 3.45. The molecule has 0 saturated heterocycles. The van der Waals surface area contributed by atoms with Gasteiger partial charge < -0.3 is 5.11 Å². The fourth-order valence-corrected chi connectivity index (χ4v) is 0.807. The first-order valence-electron chi connectivity index (χ1n) is 2.66. The van der Waals surface area contributed by atoms with Crippen molar-refractivity contribution in [3.63, 3.8) is 0 Å². The van der Waals surface area contributed by atoms with Gasteiger partial charge in [-0.1, -0.05) is 0 Å². The molecular formula is C5H4BrN3O2. The zero-order chi connectivity index (χ0) is 8.27. The van der Waals surface area contributed by atoms with E-state index in [1.807, 2.05) is 0 Å². The van der Waals surface area contributed by atoms with Gasteiger partial charge in [0.1, 0.15) is 0 Å². The summed E-state index contributed by atoms with van der Waals surface area (Å²) in [6.07, 6.45) is 1.60. The highest BCUT2D eigenvalue weighted by Gasteiger charge is 2.01. The van der Waals surface area contributed by atoms with Crippen LogP contribution >= 0.6 is 15.9 Å². The predicted octanol–water partition coefficient (Wildman–Crippen LogP) is 1.33. The molecule has 0 bridgehead atoms. The highest BCUT2D eigenvalue weighted by atomic mass is 79.9. The van der Waals surface area contributed by atoms with E-state index in [4.69, 9.17) is 5.11 Å². The van der Waals surface area contributed by atoms with E-state index in [0.717, 1.165) is 0 Å². The van der Waals surface area contributed by atoms with Gasteiger partial charge in [-0.05, 0) is 15.9 Å². The second kappa shape index (κ2) is 3.29.